The number of halogens is 3. The third-order valence-electron chi connectivity index (χ3n) is 2.09. The van der Waals surface area contributed by atoms with Crippen molar-refractivity contribution in [2.24, 2.45) is 0 Å². The predicted octanol–water partition coefficient (Wildman–Crippen LogP) is 3.73. The molecule has 118 valence electrons. The molecule has 7 nitrogen and oxygen atoms in total. The summed E-state index contributed by atoms with van der Waals surface area (Å²) in [5.74, 6) is -1.01. The summed E-state index contributed by atoms with van der Waals surface area (Å²) in [5, 5.41) is 19.1. The van der Waals surface area contributed by atoms with E-state index in [4.69, 9.17) is 45.2 Å². The number of hydrogen-bond donors (Lipinski definition) is 2. The number of nitrogens with zero attached hydrogens (tertiary/aromatic N) is 4. The van der Waals surface area contributed by atoms with Crippen LogP contribution < -0.4 is 5.32 Å². The Balaban J connectivity index is 0.000000322. The number of para-hydroxylation sites is 1. The van der Waals surface area contributed by atoms with Crippen molar-refractivity contribution in [1.29, 1.82) is 5.26 Å². The molecule has 0 radical (unpaired) electrons. The van der Waals surface area contributed by atoms with Gasteiger partial charge in [-0.1, -0.05) is 30.3 Å². The van der Waals surface area contributed by atoms with Gasteiger partial charge in [0, 0.05) is 0 Å². The molecule has 1 aromatic carbocycles. The number of rotatable bonds is 3. The average molecular weight is 373 g/mol. The number of carboxylic acid groups (broad SMARTS) is 1. The van der Waals surface area contributed by atoms with Crippen LogP contribution in [-0.2, 0) is 4.79 Å². The summed E-state index contributed by atoms with van der Waals surface area (Å²) in [4.78, 5) is 21.0. The van der Waals surface area contributed by atoms with Crippen LogP contribution >= 0.6 is 34.8 Å². The Labute approximate surface area is 146 Å². The van der Waals surface area contributed by atoms with Crippen LogP contribution in [0.15, 0.2) is 36.4 Å². The van der Waals surface area contributed by atoms with Crippen LogP contribution in [0, 0.1) is 11.3 Å². The number of anilines is 2. The molecule has 0 aliphatic heterocycles. The average Bonchev–Trinajstić information content (AvgIpc) is 2.48. The smallest absolute Gasteiger partial charge is 0.345 e. The predicted molar refractivity (Wildman–Crippen MR) is 87.0 cm³/mol. The van der Waals surface area contributed by atoms with Crippen LogP contribution in [0.5, 0.6) is 0 Å². The van der Waals surface area contributed by atoms with Crippen molar-refractivity contribution in [3.63, 3.8) is 0 Å². The van der Waals surface area contributed by atoms with Crippen LogP contribution in [0.1, 0.15) is 0 Å². The molecule has 0 amide bonds. The largest absolute Gasteiger partial charge is 0.477 e. The maximum atomic E-state index is 9.61. The van der Waals surface area contributed by atoms with Crippen LogP contribution in [0.3, 0.4) is 0 Å². The summed E-state index contributed by atoms with van der Waals surface area (Å²) in [6.07, 6.45) is 0. The summed E-state index contributed by atoms with van der Waals surface area (Å²) >= 11 is 17.2. The zero-order chi connectivity index (χ0) is 17.4. The molecular formula is C13H8Cl3N5O2. The third kappa shape index (κ3) is 6.48. The molecule has 23 heavy (non-hydrogen) atoms. The minimum Gasteiger partial charge on any atom is -0.477 e. The zero-order valence-corrected chi connectivity index (χ0v) is 13.6. The highest BCUT2D eigenvalue weighted by molar-refractivity contribution is 6.33. The highest BCUT2D eigenvalue weighted by Gasteiger charge is 2.05. The molecule has 10 heteroatoms. The Morgan fingerprint density at radius 2 is 1.74 bits per heavy atom. The van der Waals surface area contributed by atoms with Gasteiger partial charge < -0.3 is 10.4 Å². The lowest BCUT2D eigenvalue weighted by Gasteiger charge is -2.06. The molecule has 0 aliphatic rings. The molecule has 1 heterocycles. The van der Waals surface area contributed by atoms with E-state index in [9.17, 15) is 4.79 Å². The van der Waals surface area contributed by atoms with Crippen LogP contribution in [0.25, 0.3) is 0 Å². The standard InChI is InChI=1S/C9H5Cl3N4.C4H3NO2/c10-5-3-1-2-4-6(5)13-9-15-7(11)14-8(12)16-9;1-3(2-5)4(6)7/h1-4H,(H,13,14,15,16);1H2,(H,6,7). The Hall–Kier alpha value is -2.40. The van der Waals surface area contributed by atoms with Gasteiger partial charge in [-0.2, -0.15) is 20.2 Å². The van der Waals surface area contributed by atoms with Crippen molar-refractivity contribution in [2.75, 3.05) is 5.32 Å². The number of carboxylic acids is 1. The monoisotopic (exact) mass is 371 g/mol. The molecule has 0 saturated carbocycles. The second-order valence-electron chi connectivity index (χ2n) is 3.70. The van der Waals surface area contributed by atoms with Crippen LogP contribution in [0.2, 0.25) is 15.6 Å². The molecule has 0 fully saturated rings. The topological polar surface area (TPSA) is 112 Å². The van der Waals surface area contributed by atoms with E-state index < -0.39 is 11.5 Å². The number of aliphatic carboxylic acids is 1. The highest BCUT2D eigenvalue weighted by Crippen LogP contribution is 2.23. The summed E-state index contributed by atoms with van der Waals surface area (Å²) in [6, 6.07) is 8.55. The number of aromatic nitrogens is 3. The van der Waals surface area contributed by atoms with Gasteiger partial charge in [-0.3, -0.25) is 0 Å². The summed E-state index contributed by atoms with van der Waals surface area (Å²) in [6.45, 7) is 2.91. The lowest BCUT2D eigenvalue weighted by molar-refractivity contribution is -0.132. The Kier molecular flexibility index (Phi) is 7.22. The molecule has 0 saturated heterocycles. The van der Waals surface area contributed by atoms with Gasteiger partial charge in [-0.05, 0) is 35.3 Å². The number of nitriles is 1. The van der Waals surface area contributed by atoms with Gasteiger partial charge in [-0.25, -0.2) is 4.79 Å². The van der Waals surface area contributed by atoms with E-state index in [1.165, 1.54) is 6.07 Å². The lowest BCUT2D eigenvalue weighted by Crippen LogP contribution is -1.99. The maximum absolute atomic E-state index is 9.61. The van der Waals surface area contributed by atoms with Gasteiger partial charge >= 0.3 is 5.97 Å². The normalized spacial score (nSPS) is 9.13. The van der Waals surface area contributed by atoms with Crippen LogP contribution in [0.4, 0.5) is 11.6 Å². The minimum absolute atomic E-state index is 0.0227. The molecule has 0 atom stereocenters. The minimum atomic E-state index is -1.26. The lowest BCUT2D eigenvalue weighted by atomic mass is 10.3. The van der Waals surface area contributed by atoms with E-state index in [1.54, 1.807) is 12.1 Å². The maximum Gasteiger partial charge on any atom is 0.345 e. The van der Waals surface area contributed by atoms with Gasteiger partial charge in [0.2, 0.25) is 16.5 Å². The van der Waals surface area contributed by atoms with Crippen molar-refractivity contribution >= 4 is 52.4 Å². The summed E-state index contributed by atoms with van der Waals surface area (Å²) in [7, 11) is 0. The first-order chi connectivity index (χ1) is 10.8. The molecule has 0 unspecified atom stereocenters. The van der Waals surface area contributed by atoms with E-state index in [-0.39, 0.29) is 16.5 Å². The molecule has 1 aromatic heterocycles. The van der Waals surface area contributed by atoms with Gasteiger partial charge in [0.25, 0.3) is 0 Å². The quantitative estimate of drug-likeness (QED) is 0.623. The van der Waals surface area contributed by atoms with Gasteiger partial charge in [0.05, 0.1) is 10.7 Å². The van der Waals surface area contributed by atoms with E-state index in [1.807, 2.05) is 12.1 Å². The van der Waals surface area contributed by atoms with Crippen molar-refractivity contribution < 1.29 is 9.90 Å². The van der Waals surface area contributed by atoms with E-state index in [2.05, 4.69) is 26.8 Å². The summed E-state index contributed by atoms with van der Waals surface area (Å²) < 4.78 is 0. The van der Waals surface area contributed by atoms with Gasteiger partial charge in [-0.15, -0.1) is 0 Å². The molecule has 2 aromatic rings. The number of hydrogen-bond acceptors (Lipinski definition) is 6. The van der Waals surface area contributed by atoms with Crippen LogP contribution in [-0.4, -0.2) is 26.0 Å². The van der Waals surface area contributed by atoms with Crippen molar-refractivity contribution in [1.82, 2.24) is 15.0 Å². The zero-order valence-electron chi connectivity index (χ0n) is 11.3. The number of nitrogens with one attached hydrogen (secondary N) is 1. The van der Waals surface area contributed by atoms with Crippen molar-refractivity contribution in [2.45, 2.75) is 0 Å². The molecule has 0 bridgehead atoms. The van der Waals surface area contributed by atoms with E-state index in [0.717, 1.165) is 0 Å². The second kappa shape index (κ2) is 8.90. The van der Waals surface area contributed by atoms with E-state index >= 15 is 0 Å². The fourth-order valence-corrected chi connectivity index (χ4v) is 1.66. The Morgan fingerprint density at radius 3 is 2.17 bits per heavy atom. The molecule has 0 spiro atoms. The first-order valence-corrected chi connectivity index (χ1v) is 6.87. The van der Waals surface area contributed by atoms with Crippen molar-refractivity contribution in [3.05, 3.63) is 52.0 Å². The highest BCUT2D eigenvalue weighted by atomic mass is 35.5. The van der Waals surface area contributed by atoms with Gasteiger partial charge in [0.15, 0.2) is 0 Å². The Bertz CT molecular complexity index is 756. The molecule has 2 rings (SSSR count). The molecular weight excluding hydrogens is 365 g/mol. The first kappa shape index (κ1) is 18.6. The Morgan fingerprint density at radius 1 is 1.17 bits per heavy atom. The number of carbonyl (C=O) groups is 1. The second-order valence-corrected chi connectivity index (χ2v) is 4.78. The SMILES string of the molecule is C=C(C#N)C(=O)O.Clc1nc(Cl)nc(Nc2ccccc2Cl)n1. The summed E-state index contributed by atoms with van der Waals surface area (Å²) in [5.41, 5.74) is 0.238. The van der Waals surface area contributed by atoms with Crippen molar-refractivity contribution in [3.8, 4) is 6.07 Å². The fourth-order valence-electron chi connectivity index (χ4n) is 1.11. The third-order valence-corrected chi connectivity index (χ3v) is 2.76. The molecule has 0 aliphatic carbocycles. The fraction of sp³-hybridized carbons (Fsp3) is 0. The molecule has 2 N–H and O–H groups in total. The first-order valence-electron chi connectivity index (χ1n) is 5.74. The number of benzene rings is 1. The van der Waals surface area contributed by atoms with E-state index in [0.29, 0.717) is 10.7 Å². The van der Waals surface area contributed by atoms with Gasteiger partial charge in [0.1, 0.15) is 11.6 Å².